The lowest BCUT2D eigenvalue weighted by Gasteiger charge is -2.14. The Balaban J connectivity index is 2.25. The summed E-state index contributed by atoms with van der Waals surface area (Å²) in [5, 5.41) is 2.79. The molecular weight excluding hydrogens is 266 g/mol. The zero-order valence-electron chi connectivity index (χ0n) is 12.4. The first kappa shape index (κ1) is 14.8. The fraction of sp³-hybridized carbons (Fsp3) is 0.250. The van der Waals surface area contributed by atoms with Crippen molar-refractivity contribution in [1.29, 1.82) is 0 Å². The third-order valence-electron chi connectivity index (χ3n) is 2.82. The highest BCUT2D eigenvalue weighted by molar-refractivity contribution is 6.08. The van der Waals surface area contributed by atoms with E-state index in [2.05, 4.69) is 10.3 Å². The zero-order chi connectivity index (χ0) is 15.4. The lowest BCUT2D eigenvalue weighted by Crippen LogP contribution is -2.16. The molecule has 0 fully saturated rings. The van der Waals surface area contributed by atoms with Crippen molar-refractivity contribution >= 4 is 17.3 Å². The topological polar surface area (TPSA) is 77.2 Å². The quantitative estimate of drug-likeness (QED) is 0.846. The molecule has 0 saturated heterocycles. The van der Waals surface area contributed by atoms with Gasteiger partial charge < -0.3 is 15.8 Å². The van der Waals surface area contributed by atoms with Crippen LogP contribution in [-0.4, -0.2) is 17.0 Å². The molecule has 3 N–H and O–H groups in total. The number of aryl methyl sites for hydroxylation is 1. The maximum Gasteiger partial charge on any atom is 0.257 e. The molecule has 1 aromatic carbocycles. The number of amides is 1. The van der Waals surface area contributed by atoms with Crippen LogP contribution >= 0.6 is 0 Å². The molecule has 0 radical (unpaired) electrons. The van der Waals surface area contributed by atoms with Crippen LogP contribution in [0.1, 0.15) is 29.8 Å². The van der Waals surface area contributed by atoms with Crippen LogP contribution in [-0.2, 0) is 0 Å². The number of benzene rings is 1. The third kappa shape index (κ3) is 3.72. The van der Waals surface area contributed by atoms with Gasteiger partial charge in [0.25, 0.3) is 5.91 Å². The number of rotatable bonds is 4. The fourth-order valence-electron chi connectivity index (χ4n) is 1.86. The van der Waals surface area contributed by atoms with Gasteiger partial charge in [-0.2, -0.15) is 0 Å². The average Bonchev–Trinajstić information content (AvgIpc) is 2.43. The van der Waals surface area contributed by atoms with Gasteiger partial charge >= 0.3 is 0 Å². The number of ether oxygens (including phenoxy) is 1. The van der Waals surface area contributed by atoms with Gasteiger partial charge in [-0.1, -0.05) is 11.6 Å². The van der Waals surface area contributed by atoms with Crippen LogP contribution in [0.25, 0.3) is 0 Å². The summed E-state index contributed by atoms with van der Waals surface area (Å²) in [5.41, 5.74) is 8.23. The van der Waals surface area contributed by atoms with Crippen molar-refractivity contribution in [2.45, 2.75) is 26.9 Å². The van der Waals surface area contributed by atoms with Gasteiger partial charge in [-0.3, -0.25) is 4.79 Å². The predicted molar refractivity (Wildman–Crippen MR) is 83.5 cm³/mol. The molecule has 2 rings (SSSR count). The SMILES string of the molecule is Cc1ccc(N)c(C(=O)Nc2cccnc2OC(C)C)c1. The van der Waals surface area contributed by atoms with E-state index < -0.39 is 0 Å². The highest BCUT2D eigenvalue weighted by Gasteiger charge is 2.14. The van der Waals surface area contributed by atoms with E-state index in [0.29, 0.717) is 22.8 Å². The smallest absolute Gasteiger partial charge is 0.257 e. The molecule has 0 unspecified atom stereocenters. The average molecular weight is 285 g/mol. The van der Waals surface area contributed by atoms with Gasteiger partial charge in [0.05, 0.1) is 11.7 Å². The van der Waals surface area contributed by atoms with Crippen LogP contribution in [0, 0.1) is 6.92 Å². The second-order valence-corrected chi connectivity index (χ2v) is 5.07. The molecule has 0 aliphatic rings. The van der Waals surface area contributed by atoms with Crippen LogP contribution in [0.4, 0.5) is 11.4 Å². The Morgan fingerprint density at radius 2 is 2.10 bits per heavy atom. The van der Waals surface area contributed by atoms with E-state index in [9.17, 15) is 4.79 Å². The van der Waals surface area contributed by atoms with Crippen LogP contribution in [0.15, 0.2) is 36.5 Å². The number of nitrogens with two attached hydrogens (primary N) is 1. The highest BCUT2D eigenvalue weighted by Crippen LogP contribution is 2.23. The number of nitrogen functional groups attached to an aromatic ring is 1. The molecule has 21 heavy (non-hydrogen) atoms. The fourth-order valence-corrected chi connectivity index (χ4v) is 1.86. The minimum Gasteiger partial charge on any atom is -0.473 e. The van der Waals surface area contributed by atoms with E-state index in [0.717, 1.165) is 5.56 Å². The summed E-state index contributed by atoms with van der Waals surface area (Å²) >= 11 is 0. The Bertz CT molecular complexity index is 654. The molecule has 1 aromatic heterocycles. The summed E-state index contributed by atoms with van der Waals surface area (Å²) in [7, 11) is 0. The number of anilines is 2. The second kappa shape index (κ2) is 6.26. The van der Waals surface area contributed by atoms with E-state index in [1.165, 1.54) is 0 Å². The molecule has 0 bridgehead atoms. The van der Waals surface area contributed by atoms with Crippen LogP contribution in [0.3, 0.4) is 0 Å². The molecule has 0 spiro atoms. The van der Waals surface area contributed by atoms with Gasteiger partial charge in [0.1, 0.15) is 5.69 Å². The number of hydrogen-bond acceptors (Lipinski definition) is 4. The molecule has 110 valence electrons. The van der Waals surface area contributed by atoms with E-state index in [-0.39, 0.29) is 12.0 Å². The molecule has 1 amide bonds. The third-order valence-corrected chi connectivity index (χ3v) is 2.82. The summed E-state index contributed by atoms with van der Waals surface area (Å²) < 4.78 is 5.58. The van der Waals surface area contributed by atoms with E-state index >= 15 is 0 Å². The summed E-state index contributed by atoms with van der Waals surface area (Å²) in [5.74, 6) is 0.116. The largest absolute Gasteiger partial charge is 0.473 e. The first-order valence-electron chi connectivity index (χ1n) is 6.76. The first-order chi connectivity index (χ1) is 9.97. The molecule has 1 heterocycles. The van der Waals surface area contributed by atoms with Crippen LogP contribution in [0.5, 0.6) is 5.88 Å². The van der Waals surface area contributed by atoms with Gasteiger partial charge in [-0.25, -0.2) is 4.98 Å². The number of hydrogen-bond donors (Lipinski definition) is 2. The Morgan fingerprint density at radius 3 is 2.81 bits per heavy atom. The minimum atomic E-state index is -0.280. The van der Waals surface area contributed by atoms with Crippen molar-refractivity contribution in [3.8, 4) is 5.88 Å². The van der Waals surface area contributed by atoms with Crippen molar-refractivity contribution in [2.75, 3.05) is 11.1 Å². The molecule has 0 saturated carbocycles. The number of nitrogens with zero attached hydrogens (tertiary/aromatic N) is 1. The minimum absolute atomic E-state index is 0.0282. The highest BCUT2D eigenvalue weighted by atomic mass is 16.5. The molecule has 5 nitrogen and oxygen atoms in total. The Hall–Kier alpha value is -2.56. The summed E-state index contributed by atoms with van der Waals surface area (Å²) in [6, 6.07) is 8.82. The summed E-state index contributed by atoms with van der Waals surface area (Å²) in [4.78, 5) is 16.5. The summed E-state index contributed by atoms with van der Waals surface area (Å²) in [6.07, 6.45) is 1.59. The van der Waals surface area contributed by atoms with E-state index in [4.69, 9.17) is 10.5 Å². The van der Waals surface area contributed by atoms with Gasteiger partial charge in [0, 0.05) is 11.9 Å². The second-order valence-electron chi connectivity index (χ2n) is 5.07. The van der Waals surface area contributed by atoms with Crippen LogP contribution in [0.2, 0.25) is 0 Å². The van der Waals surface area contributed by atoms with E-state index in [1.54, 1.807) is 30.5 Å². The Morgan fingerprint density at radius 1 is 1.33 bits per heavy atom. The van der Waals surface area contributed by atoms with Crippen molar-refractivity contribution in [1.82, 2.24) is 4.98 Å². The summed E-state index contributed by atoms with van der Waals surface area (Å²) in [6.45, 7) is 5.71. The maximum absolute atomic E-state index is 12.4. The first-order valence-corrected chi connectivity index (χ1v) is 6.76. The maximum atomic E-state index is 12.4. The molecular formula is C16H19N3O2. The van der Waals surface area contributed by atoms with Crippen molar-refractivity contribution in [3.05, 3.63) is 47.7 Å². The van der Waals surface area contributed by atoms with Crippen molar-refractivity contribution < 1.29 is 9.53 Å². The normalized spacial score (nSPS) is 10.5. The number of aromatic nitrogens is 1. The standard InChI is InChI=1S/C16H19N3O2/c1-10(2)21-16-14(5-4-8-18-16)19-15(20)12-9-11(3)6-7-13(12)17/h4-10H,17H2,1-3H3,(H,19,20). The van der Waals surface area contributed by atoms with Crippen LogP contribution < -0.4 is 15.8 Å². The van der Waals surface area contributed by atoms with E-state index in [1.807, 2.05) is 26.8 Å². The lowest BCUT2D eigenvalue weighted by atomic mass is 10.1. The Kier molecular flexibility index (Phi) is 4.42. The van der Waals surface area contributed by atoms with Gasteiger partial charge in [0.2, 0.25) is 5.88 Å². The van der Waals surface area contributed by atoms with Gasteiger partial charge in [-0.05, 0) is 45.0 Å². The van der Waals surface area contributed by atoms with Crippen molar-refractivity contribution in [2.24, 2.45) is 0 Å². The lowest BCUT2D eigenvalue weighted by molar-refractivity contribution is 0.102. The number of pyridine rings is 1. The number of carbonyl (C=O) groups excluding carboxylic acids is 1. The Labute approximate surface area is 124 Å². The molecule has 0 aliphatic carbocycles. The van der Waals surface area contributed by atoms with Gasteiger partial charge in [-0.15, -0.1) is 0 Å². The molecule has 2 aromatic rings. The molecule has 0 atom stereocenters. The molecule has 5 heteroatoms. The predicted octanol–water partition coefficient (Wildman–Crippen LogP) is 3.01. The zero-order valence-corrected chi connectivity index (χ0v) is 12.4. The monoisotopic (exact) mass is 285 g/mol. The van der Waals surface area contributed by atoms with Gasteiger partial charge in [0.15, 0.2) is 0 Å². The molecule has 0 aliphatic heterocycles. The number of nitrogens with one attached hydrogen (secondary N) is 1. The number of carbonyl (C=O) groups is 1. The van der Waals surface area contributed by atoms with Crippen molar-refractivity contribution in [3.63, 3.8) is 0 Å².